The number of rotatable bonds is 11. The predicted molar refractivity (Wildman–Crippen MR) is 152 cm³/mol. The topological polar surface area (TPSA) is 149 Å². The average Bonchev–Trinajstić information content (AvgIpc) is 3.40. The Morgan fingerprint density at radius 2 is 1.54 bits per heavy atom. The van der Waals surface area contributed by atoms with Crippen LogP contribution in [0.2, 0.25) is 0 Å². The van der Waals surface area contributed by atoms with Crippen molar-refractivity contribution in [2.24, 2.45) is 16.7 Å². The van der Waals surface area contributed by atoms with Gasteiger partial charge in [0.25, 0.3) is 0 Å². The van der Waals surface area contributed by atoms with E-state index in [9.17, 15) is 24.3 Å². The van der Waals surface area contributed by atoms with Crippen LogP contribution in [0.4, 0.5) is 0 Å². The first-order valence-electron chi connectivity index (χ1n) is 13.8. The van der Waals surface area contributed by atoms with Gasteiger partial charge in [-0.05, 0) is 86.4 Å². The van der Waals surface area contributed by atoms with E-state index < -0.39 is 40.4 Å². The van der Waals surface area contributed by atoms with Crippen LogP contribution in [0.1, 0.15) is 77.7 Å². The maximum atomic E-state index is 12.9. The lowest BCUT2D eigenvalue weighted by Crippen LogP contribution is -2.52. The fourth-order valence-corrected chi connectivity index (χ4v) is 3.51. The van der Waals surface area contributed by atoms with Crippen LogP contribution in [-0.2, 0) is 23.9 Å². The highest BCUT2D eigenvalue weighted by molar-refractivity contribution is 5.93. The van der Waals surface area contributed by atoms with Crippen LogP contribution in [0.15, 0.2) is 12.1 Å². The second-order valence-electron chi connectivity index (χ2n) is 13.2. The zero-order valence-corrected chi connectivity index (χ0v) is 25.8. The van der Waals surface area contributed by atoms with E-state index in [-0.39, 0.29) is 42.0 Å². The van der Waals surface area contributed by atoms with Crippen molar-refractivity contribution >= 4 is 23.8 Å². The molecule has 0 bridgehead atoms. The summed E-state index contributed by atoms with van der Waals surface area (Å²) in [6.07, 6.45) is -0.322. The van der Waals surface area contributed by atoms with Crippen LogP contribution in [0.5, 0.6) is 11.5 Å². The highest BCUT2D eigenvalue weighted by atomic mass is 16.6. The summed E-state index contributed by atoms with van der Waals surface area (Å²) in [5.41, 5.74) is -1.67. The van der Waals surface area contributed by atoms with Crippen molar-refractivity contribution < 1.29 is 43.2 Å². The molecule has 1 heterocycles. The summed E-state index contributed by atoms with van der Waals surface area (Å²) in [4.78, 5) is 50.3. The molecule has 1 amide bonds. The van der Waals surface area contributed by atoms with Crippen molar-refractivity contribution in [1.29, 1.82) is 0 Å². The van der Waals surface area contributed by atoms with Crippen LogP contribution >= 0.6 is 0 Å². The number of esters is 3. The minimum Gasteiger partial charge on any atom is -0.459 e. The van der Waals surface area contributed by atoms with Crippen molar-refractivity contribution in [3.63, 3.8) is 0 Å². The third kappa shape index (κ3) is 10.7. The summed E-state index contributed by atoms with van der Waals surface area (Å²) < 4.78 is 21.6. The van der Waals surface area contributed by atoms with Crippen LogP contribution in [0, 0.1) is 23.7 Å². The van der Waals surface area contributed by atoms with E-state index in [4.69, 9.17) is 18.9 Å². The lowest BCUT2D eigenvalue weighted by atomic mass is 9.97. The first-order valence-corrected chi connectivity index (χ1v) is 13.8. The summed E-state index contributed by atoms with van der Waals surface area (Å²) >= 11 is 0. The van der Waals surface area contributed by atoms with E-state index in [0.29, 0.717) is 31.7 Å². The van der Waals surface area contributed by atoms with E-state index in [1.54, 1.807) is 48.5 Å². The van der Waals surface area contributed by atoms with Gasteiger partial charge < -0.3 is 34.7 Å². The van der Waals surface area contributed by atoms with Crippen molar-refractivity contribution in [1.82, 2.24) is 10.6 Å². The predicted octanol–water partition coefficient (Wildman–Crippen LogP) is 2.94. The maximum absolute atomic E-state index is 12.9. The van der Waals surface area contributed by atoms with Crippen LogP contribution in [-0.4, -0.2) is 73.5 Å². The molecule has 0 aromatic heterocycles. The Hall–Kier alpha value is -3.02. The van der Waals surface area contributed by atoms with E-state index >= 15 is 0 Å². The molecule has 2 rings (SSSR count). The largest absolute Gasteiger partial charge is 0.459 e. The third-order valence-corrected chi connectivity index (χ3v) is 6.37. The molecule has 1 fully saturated rings. The van der Waals surface area contributed by atoms with Crippen LogP contribution in [0.3, 0.4) is 0 Å². The number of hydrogen-bond acceptors (Lipinski definition) is 10. The van der Waals surface area contributed by atoms with Gasteiger partial charge in [0.2, 0.25) is 5.91 Å². The molecule has 0 aliphatic carbocycles. The Bertz CT molecular complexity index is 1110. The Kier molecular flexibility index (Phi) is 11.5. The lowest BCUT2D eigenvalue weighted by Gasteiger charge is -2.28. The van der Waals surface area contributed by atoms with Gasteiger partial charge in [0.1, 0.15) is 12.7 Å². The van der Waals surface area contributed by atoms with Gasteiger partial charge in [-0.1, -0.05) is 0 Å². The van der Waals surface area contributed by atoms with Gasteiger partial charge >= 0.3 is 17.9 Å². The molecule has 11 nitrogen and oxygen atoms in total. The number of carbonyl (C=O) groups is 4. The van der Waals surface area contributed by atoms with E-state index in [1.807, 2.05) is 13.8 Å². The van der Waals surface area contributed by atoms with Gasteiger partial charge in [-0.25, -0.2) is 4.79 Å². The van der Waals surface area contributed by atoms with Crippen LogP contribution in [0.25, 0.3) is 0 Å². The van der Waals surface area contributed by atoms with Gasteiger partial charge in [0.15, 0.2) is 11.5 Å². The number of β-amino-alcohol motifs (C(OH)–C–C–N with tert-alkyl or cyclic N) is 1. The Morgan fingerprint density at radius 1 is 0.976 bits per heavy atom. The molecule has 230 valence electrons. The van der Waals surface area contributed by atoms with E-state index in [2.05, 4.69) is 10.6 Å². The summed E-state index contributed by atoms with van der Waals surface area (Å²) in [5.74, 6) is -2.14. The Morgan fingerprint density at radius 3 is 2.05 bits per heavy atom. The van der Waals surface area contributed by atoms with E-state index in [0.717, 1.165) is 0 Å². The minimum absolute atomic E-state index is 0.00980. The quantitative estimate of drug-likeness (QED) is 0.264. The number of nitrogens with one attached hydrogen (secondary N) is 2. The summed E-state index contributed by atoms with van der Waals surface area (Å²) in [6.45, 7) is 16.7. The fraction of sp³-hybridized carbons (Fsp3) is 0.667. The molecule has 1 aliphatic heterocycles. The second kappa shape index (κ2) is 13.8. The van der Waals surface area contributed by atoms with Gasteiger partial charge in [0.05, 0.1) is 28.9 Å². The molecule has 1 aromatic rings. The van der Waals surface area contributed by atoms with Gasteiger partial charge in [0, 0.05) is 25.2 Å². The first-order chi connectivity index (χ1) is 18.8. The fourth-order valence-electron chi connectivity index (χ4n) is 3.51. The minimum atomic E-state index is -1.03. The second-order valence-corrected chi connectivity index (χ2v) is 13.2. The molecule has 3 N–H and O–H groups in total. The molecule has 11 heteroatoms. The Balaban J connectivity index is 2.03. The first kappa shape index (κ1) is 34.2. The lowest BCUT2D eigenvalue weighted by molar-refractivity contribution is -0.145. The Labute approximate surface area is 242 Å². The summed E-state index contributed by atoms with van der Waals surface area (Å²) in [6, 6.07) is 2.75. The standard InChI is InChI=1S/C30H46N2O9/c1-18-12-22(40-26(36)28(2,3)4)23(41-27(37)29(5,6)7)13-21(18)25(35)39-16-20(33)14-32-30(8,9)17-31-24(34)19-10-11-38-15-19/h12-13,19-20,32-33H,10-11,14-17H2,1-9H3,(H,31,34). The number of aryl methyl sites for hydroxylation is 1. The SMILES string of the molecule is Cc1cc(OC(=O)C(C)(C)C)c(OC(=O)C(C)(C)C)cc1C(=O)OCC(O)CNC(C)(C)CNC(=O)C1CCOC1. The smallest absolute Gasteiger partial charge is 0.338 e. The number of aliphatic hydroxyl groups is 1. The highest BCUT2D eigenvalue weighted by Crippen LogP contribution is 2.34. The summed E-state index contributed by atoms with van der Waals surface area (Å²) in [7, 11) is 0. The number of amides is 1. The van der Waals surface area contributed by atoms with Crippen molar-refractivity contribution in [3.05, 3.63) is 23.3 Å². The van der Waals surface area contributed by atoms with Crippen LogP contribution < -0.4 is 20.1 Å². The molecule has 0 saturated carbocycles. The number of ether oxygens (including phenoxy) is 4. The molecule has 1 aromatic carbocycles. The normalized spacial score (nSPS) is 16.6. The molecular weight excluding hydrogens is 532 g/mol. The highest BCUT2D eigenvalue weighted by Gasteiger charge is 2.30. The third-order valence-electron chi connectivity index (χ3n) is 6.37. The van der Waals surface area contributed by atoms with E-state index in [1.165, 1.54) is 12.1 Å². The maximum Gasteiger partial charge on any atom is 0.338 e. The molecule has 2 unspecified atom stereocenters. The van der Waals surface area contributed by atoms with Gasteiger partial charge in [-0.2, -0.15) is 0 Å². The number of carbonyl (C=O) groups excluding carboxylic acids is 4. The molecule has 1 aliphatic rings. The molecule has 0 radical (unpaired) electrons. The number of benzene rings is 1. The van der Waals surface area contributed by atoms with Crippen molar-refractivity contribution in [2.75, 3.05) is 32.9 Å². The average molecular weight is 579 g/mol. The molecule has 1 saturated heterocycles. The molecule has 2 atom stereocenters. The molecular formula is C30H46N2O9. The van der Waals surface area contributed by atoms with Crippen molar-refractivity contribution in [3.8, 4) is 11.5 Å². The van der Waals surface area contributed by atoms with Gasteiger partial charge in [-0.3, -0.25) is 14.4 Å². The monoisotopic (exact) mass is 578 g/mol. The number of aliphatic hydroxyl groups excluding tert-OH is 1. The van der Waals surface area contributed by atoms with Crippen molar-refractivity contribution in [2.45, 2.75) is 80.4 Å². The molecule has 0 spiro atoms. The summed E-state index contributed by atoms with van der Waals surface area (Å²) in [5, 5.41) is 16.5. The zero-order chi connectivity index (χ0) is 31.2. The number of hydrogen-bond donors (Lipinski definition) is 3. The van der Waals surface area contributed by atoms with Gasteiger partial charge in [-0.15, -0.1) is 0 Å². The zero-order valence-electron chi connectivity index (χ0n) is 25.8. The molecule has 41 heavy (non-hydrogen) atoms.